The number of nitro groups is 1. The molecule has 1 atom stereocenters. The minimum atomic E-state index is -4.15. The van der Waals surface area contributed by atoms with Gasteiger partial charge >= 0.3 is 5.97 Å². The average molecular weight is 449 g/mol. The highest BCUT2D eigenvalue weighted by molar-refractivity contribution is 7.89. The Morgan fingerprint density at radius 3 is 2.16 bits per heavy atom. The number of aryl methyl sites for hydroxylation is 1. The fraction of sp³-hybridized carbons (Fsp3) is 0.409. The minimum absolute atomic E-state index is 0.0296. The summed E-state index contributed by atoms with van der Waals surface area (Å²) in [5.74, 6) is -0.587. The van der Waals surface area contributed by atoms with E-state index in [2.05, 4.69) is 0 Å². The Balaban J connectivity index is 2.55. The summed E-state index contributed by atoms with van der Waals surface area (Å²) >= 11 is 0. The zero-order valence-electron chi connectivity index (χ0n) is 18.1. The van der Waals surface area contributed by atoms with Gasteiger partial charge in [-0.05, 0) is 43.9 Å². The van der Waals surface area contributed by atoms with E-state index in [0.717, 1.165) is 22.0 Å². The van der Waals surface area contributed by atoms with E-state index in [-0.39, 0.29) is 36.1 Å². The number of nitro benzene ring substituents is 1. The van der Waals surface area contributed by atoms with Gasteiger partial charge in [0.15, 0.2) is 0 Å². The summed E-state index contributed by atoms with van der Waals surface area (Å²) < 4.78 is 33.5. The molecule has 0 saturated carbocycles. The molecule has 0 amide bonds. The van der Waals surface area contributed by atoms with Crippen LogP contribution in [0.15, 0.2) is 53.4 Å². The molecule has 0 bridgehead atoms. The number of benzene rings is 2. The van der Waals surface area contributed by atoms with Gasteiger partial charge in [0, 0.05) is 18.7 Å². The molecule has 8 nitrogen and oxygen atoms in total. The van der Waals surface area contributed by atoms with E-state index in [1.165, 1.54) is 12.1 Å². The molecule has 0 aliphatic rings. The third-order valence-corrected chi connectivity index (χ3v) is 6.58. The zero-order valence-corrected chi connectivity index (χ0v) is 19.0. The minimum Gasteiger partial charge on any atom is -0.465 e. The molecule has 0 aliphatic carbocycles. The van der Waals surface area contributed by atoms with Crippen LogP contribution in [-0.4, -0.2) is 36.3 Å². The van der Waals surface area contributed by atoms with Gasteiger partial charge in [0.2, 0.25) is 10.0 Å². The standard InChI is InChI=1S/C22H28N2O6S/c1-5-30-22(25)21(14-16(2)3)23(15-18-8-6-17(4)7-9-18)31(28,29)20-12-10-19(11-13-20)24(26)27/h6-13,16,21H,5,14-15H2,1-4H3/t21-/m1/s1. The SMILES string of the molecule is CCOC(=O)[C@@H](CC(C)C)N(Cc1ccc(C)cc1)S(=O)(=O)c1ccc([N+](=O)[O-])cc1. The highest BCUT2D eigenvalue weighted by Gasteiger charge is 2.37. The van der Waals surface area contributed by atoms with Gasteiger partial charge in [-0.15, -0.1) is 0 Å². The highest BCUT2D eigenvalue weighted by atomic mass is 32.2. The Morgan fingerprint density at radius 1 is 1.10 bits per heavy atom. The van der Waals surface area contributed by atoms with Crippen molar-refractivity contribution in [1.82, 2.24) is 4.31 Å². The lowest BCUT2D eigenvalue weighted by Crippen LogP contribution is -2.46. The fourth-order valence-corrected chi connectivity index (χ4v) is 4.70. The molecule has 0 spiro atoms. The van der Waals surface area contributed by atoms with Crippen LogP contribution in [-0.2, 0) is 26.1 Å². The van der Waals surface area contributed by atoms with Crippen molar-refractivity contribution in [1.29, 1.82) is 0 Å². The Hall–Kier alpha value is -2.78. The number of hydrogen-bond donors (Lipinski definition) is 0. The van der Waals surface area contributed by atoms with E-state index < -0.39 is 27.0 Å². The molecule has 2 rings (SSSR count). The normalized spacial score (nSPS) is 12.7. The van der Waals surface area contributed by atoms with Gasteiger partial charge in [-0.25, -0.2) is 8.42 Å². The van der Waals surface area contributed by atoms with Crippen LogP contribution >= 0.6 is 0 Å². The Labute approximate surface area is 183 Å². The first kappa shape index (κ1) is 24.5. The number of rotatable bonds is 10. The summed E-state index contributed by atoms with van der Waals surface area (Å²) in [6.07, 6.45) is 0.275. The Bertz CT molecular complexity index is 1000. The van der Waals surface area contributed by atoms with E-state index in [0.29, 0.717) is 5.56 Å². The van der Waals surface area contributed by atoms with Crippen molar-refractivity contribution >= 4 is 21.7 Å². The zero-order chi connectivity index (χ0) is 23.2. The van der Waals surface area contributed by atoms with Crippen molar-refractivity contribution in [2.24, 2.45) is 5.92 Å². The molecule has 0 radical (unpaired) electrons. The lowest BCUT2D eigenvalue weighted by Gasteiger charge is -2.30. The van der Waals surface area contributed by atoms with Gasteiger partial charge in [0.05, 0.1) is 16.4 Å². The number of hydrogen-bond acceptors (Lipinski definition) is 6. The summed E-state index contributed by atoms with van der Waals surface area (Å²) in [5.41, 5.74) is 1.53. The quantitative estimate of drug-likeness (QED) is 0.308. The van der Waals surface area contributed by atoms with Crippen molar-refractivity contribution in [3.8, 4) is 0 Å². The molecular formula is C22H28N2O6S. The molecule has 0 heterocycles. The van der Waals surface area contributed by atoms with Crippen LogP contribution in [0.5, 0.6) is 0 Å². The van der Waals surface area contributed by atoms with Gasteiger partial charge in [-0.3, -0.25) is 14.9 Å². The van der Waals surface area contributed by atoms with Crippen molar-refractivity contribution in [3.63, 3.8) is 0 Å². The lowest BCUT2D eigenvalue weighted by atomic mass is 10.0. The second-order valence-electron chi connectivity index (χ2n) is 7.68. The molecule has 2 aromatic carbocycles. The molecule has 0 saturated heterocycles. The first-order valence-electron chi connectivity index (χ1n) is 10.0. The van der Waals surface area contributed by atoms with Crippen LogP contribution in [0.3, 0.4) is 0 Å². The van der Waals surface area contributed by atoms with Gasteiger partial charge in [0.1, 0.15) is 6.04 Å². The predicted molar refractivity (Wildman–Crippen MR) is 117 cm³/mol. The van der Waals surface area contributed by atoms with Crippen molar-refractivity contribution in [3.05, 3.63) is 69.8 Å². The van der Waals surface area contributed by atoms with Gasteiger partial charge in [0.25, 0.3) is 5.69 Å². The average Bonchev–Trinajstić information content (AvgIpc) is 2.71. The number of nitrogens with zero attached hydrogens (tertiary/aromatic N) is 2. The maximum Gasteiger partial charge on any atom is 0.324 e. The molecule has 0 aliphatic heterocycles. The van der Waals surface area contributed by atoms with E-state index in [1.54, 1.807) is 6.92 Å². The number of sulfonamides is 1. The van der Waals surface area contributed by atoms with Gasteiger partial charge in [-0.2, -0.15) is 4.31 Å². The van der Waals surface area contributed by atoms with Crippen LogP contribution in [0.2, 0.25) is 0 Å². The molecule has 0 N–H and O–H groups in total. The lowest BCUT2D eigenvalue weighted by molar-refractivity contribution is -0.384. The molecule has 168 valence electrons. The highest BCUT2D eigenvalue weighted by Crippen LogP contribution is 2.27. The monoisotopic (exact) mass is 448 g/mol. The van der Waals surface area contributed by atoms with E-state index in [4.69, 9.17) is 4.74 Å². The van der Waals surface area contributed by atoms with Crippen molar-refractivity contribution < 1.29 is 22.9 Å². The summed E-state index contributed by atoms with van der Waals surface area (Å²) in [4.78, 5) is 23.0. The molecule has 2 aromatic rings. The number of carbonyl (C=O) groups is 1. The maximum atomic E-state index is 13.6. The molecule has 0 aromatic heterocycles. The Kier molecular flexibility index (Phi) is 8.29. The second kappa shape index (κ2) is 10.5. The number of non-ortho nitro benzene ring substituents is 1. The predicted octanol–water partition coefficient (Wildman–Crippen LogP) is 4.07. The topological polar surface area (TPSA) is 107 Å². The first-order chi connectivity index (χ1) is 14.6. The van der Waals surface area contributed by atoms with Crippen LogP contribution in [0, 0.1) is 23.0 Å². The van der Waals surface area contributed by atoms with Crippen LogP contribution < -0.4 is 0 Å². The third kappa shape index (κ3) is 6.35. The first-order valence-corrected chi connectivity index (χ1v) is 11.5. The maximum absolute atomic E-state index is 13.6. The fourth-order valence-electron chi connectivity index (χ4n) is 3.13. The summed E-state index contributed by atoms with van der Waals surface area (Å²) in [7, 11) is -4.15. The second-order valence-corrected chi connectivity index (χ2v) is 9.57. The van der Waals surface area contributed by atoms with Crippen molar-refractivity contribution in [2.45, 2.75) is 51.6 Å². The van der Waals surface area contributed by atoms with Gasteiger partial charge in [-0.1, -0.05) is 43.7 Å². The van der Waals surface area contributed by atoms with E-state index in [9.17, 15) is 23.3 Å². The molecule has 0 unspecified atom stereocenters. The van der Waals surface area contributed by atoms with Crippen LogP contribution in [0.25, 0.3) is 0 Å². The largest absolute Gasteiger partial charge is 0.465 e. The third-order valence-electron chi connectivity index (χ3n) is 4.71. The molecule has 0 fully saturated rings. The van der Waals surface area contributed by atoms with E-state index >= 15 is 0 Å². The van der Waals surface area contributed by atoms with Crippen LogP contribution in [0.4, 0.5) is 5.69 Å². The van der Waals surface area contributed by atoms with E-state index in [1.807, 2.05) is 45.0 Å². The molecule has 9 heteroatoms. The smallest absolute Gasteiger partial charge is 0.324 e. The summed E-state index contributed by atoms with van der Waals surface area (Å²) in [6.45, 7) is 7.48. The van der Waals surface area contributed by atoms with Crippen LogP contribution in [0.1, 0.15) is 38.3 Å². The number of carbonyl (C=O) groups excluding carboxylic acids is 1. The molecular weight excluding hydrogens is 420 g/mol. The van der Waals surface area contributed by atoms with Crippen molar-refractivity contribution in [2.75, 3.05) is 6.61 Å². The molecule has 31 heavy (non-hydrogen) atoms. The summed E-state index contributed by atoms with van der Waals surface area (Å²) in [6, 6.07) is 11.0. The Morgan fingerprint density at radius 2 is 1.68 bits per heavy atom. The number of ether oxygens (including phenoxy) is 1. The summed E-state index contributed by atoms with van der Waals surface area (Å²) in [5, 5.41) is 10.9. The number of esters is 1. The van der Waals surface area contributed by atoms with Gasteiger partial charge < -0.3 is 4.74 Å².